The molecule has 0 atom stereocenters. The lowest BCUT2D eigenvalue weighted by Crippen LogP contribution is -2.30. The summed E-state index contributed by atoms with van der Waals surface area (Å²) in [5.74, 6) is 0.796. The summed E-state index contributed by atoms with van der Waals surface area (Å²) in [4.78, 5) is 11.8. The number of benzene rings is 2. The maximum absolute atomic E-state index is 11.8. The summed E-state index contributed by atoms with van der Waals surface area (Å²) in [5.41, 5.74) is 2.18. The van der Waals surface area contributed by atoms with Crippen LogP contribution >= 0.6 is 0 Å². The van der Waals surface area contributed by atoms with Gasteiger partial charge in [0, 0.05) is 6.54 Å². The number of para-hydroxylation sites is 2. The number of rotatable bonds is 11. The predicted molar refractivity (Wildman–Crippen MR) is 103 cm³/mol. The van der Waals surface area contributed by atoms with Crippen molar-refractivity contribution in [3.05, 3.63) is 60.2 Å². The Morgan fingerprint density at radius 3 is 2.56 bits per heavy atom. The highest BCUT2D eigenvalue weighted by Gasteiger charge is 2.05. The minimum atomic E-state index is 0.00679. The third-order valence-electron chi connectivity index (χ3n) is 3.89. The molecule has 0 fully saturated rings. The number of nitrogens with one attached hydrogen (secondary N) is 2. The Bertz CT molecular complexity index is 629. The second-order valence-corrected chi connectivity index (χ2v) is 5.99. The first-order chi connectivity index (χ1) is 12.3. The molecule has 0 heterocycles. The zero-order chi connectivity index (χ0) is 17.7. The number of carbonyl (C=O) groups is 1. The molecule has 2 aromatic rings. The Morgan fingerprint density at radius 1 is 1.00 bits per heavy atom. The van der Waals surface area contributed by atoms with Gasteiger partial charge in [0.25, 0.3) is 0 Å². The molecule has 0 aromatic heterocycles. The molecule has 0 aliphatic heterocycles. The van der Waals surface area contributed by atoms with Crippen LogP contribution in [0.4, 0.5) is 5.69 Å². The van der Waals surface area contributed by atoms with E-state index in [2.05, 4.69) is 41.8 Å². The van der Waals surface area contributed by atoms with Gasteiger partial charge in [-0.05, 0) is 37.0 Å². The Kier molecular flexibility index (Phi) is 8.39. The molecule has 0 spiro atoms. The summed E-state index contributed by atoms with van der Waals surface area (Å²) >= 11 is 0. The van der Waals surface area contributed by atoms with Gasteiger partial charge in [0.2, 0.25) is 5.91 Å². The summed E-state index contributed by atoms with van der Waals surface area (Å²) in [6, 6.07) is 18.2. The minimum Gasteiger partial charge on any atom is -0.491 e. The van der Waals surface area contributed by atoms with Gasteiger partial charge in [-0.1, -0.05) is 55.8 Å². The average molecular weight is 340 g/mol. The zero-order valence-corrected chi connectivity index (χ0v) is 15.0. The summed E-state index contributed by atoms with van der Waals surface area (Å²) in [6.45, 7) is 3.74. The van der Waals surface area contributed by atoms with Crippen LogP contribution in [-0.4, -0.2) is 25.6 Å². The summed E-state index contributed by atoms with van der Waals surface area (Å²) in [5, 5.41) is 6.06. The minimum absolute atomic E-state index is 0.00679. The number of amides is 1. The average Bonchev–Trinajstić information content (AvgIpc) is 2.65. The normalized spacial score (nSPS) is 10.3. The Balaban J connectivity index is 1.74. The van der Waals surface area contributed by atoms with E-state index in [0.29, 0.717) is 6.61 Å². The first-order valence-corrected chi connectivity index (χ1v) is 9.06. The molecule has 0 unspecified atom stereocenters. The highest BCUT2D eigenvalue weighted by molar-refractivity contribution is 5.81. The highest BCUT2D eigenvalue weighted by atomic mass is 16.5. The molecular formula is C21H28N2O2. The number of hydrogen-bond donors (Lipinski definition) is 2. The SMILES string of the molecule is CCCCNC(=O)CNc1ccccc1OCCCc1ccccc1. The number of unbranched alkanes of at least 4 members (excludes halogenated alkanes) is 1. The Hall–Kier alpha value is -2.49. The van der Waals surface area contributed by atoms with E-state index in [9.17, 15) is 4.79 Å². The smallest absolute Gasteiger partial charge is 0.239 e. The van der Waals surface area contributed by atoms with Gasteiger partial charge in [-0.2, -0.15) is 0 Å². The molecule has 0 bridgehead atoms. The summed E-state index contributed by atoms with van der Waals surface area (Å²) < 4.78 is 5.90. The van der Waals surface area contributed by atoms with Gasteiger partial charge in [-0.3, -0.25) is 4.79 Å². The van der Waals surface area contributed by atoms with Gasteiger partial charge < -0.3 is 15.4 Å². The molecule has 25 heavy (non-hydrogen) atoms. The van der Waals surface area contributed by atoms with Crippen molar-refractivity contribution >= 4 is 11.6 Å². The molecule has 134 valence electrons. The quantitative estimate of drug-likeness (QED) is 0.607. The fraction of sp³-hybridized carbons (Fsp3) is 0.381. The molecule has 2 aromatic carbocycles. The highest BCUT2D eigenvalue weighted by Crippen LogP contribution is 2.23. The standard InChI is InChI=1S/C21H28N2O2/c1-2-3-15-22-21(24)17-23-19-13-7-8-14-20(19)25-16-9-12-18-10-5-4-6-11-18/h4-8,10-11,13-14,23H,2-3,9,12,15-17H2,1H3,(H,22,24). The molecule has 0 saturated carbocycles. The molecule has 2 rings (SSSR count). The van der Waals surface area contributed by atoms with Crippen molar-refractivity contribution in [2.24, 2.45) is 0 Å². The van der Waals surface area contributed by atoms with Crippen molar-refractivity contribution in [1.29, 1.82) is 0 Å². The van der Waals surface area contributed by atoms with Crippen LogP contribution in [0.15, 0.2) is 54.6 Å². The lowest BCUT2D eigenvalue weighted by atomic mass is 10.1. The molecule has 0 aliphatic carbocycles. The number of ether oxygens (including phenoxy) is 1. The van der Waals surface area contributed by atoms with Crippen molar-refractivity contribution < 1.29 is 9.53 Å². The van der Waals surface area contributed by atoms with Crippen LogP contribution in [0.5, 0.6) is 5.75 Å². The van der Waals surface area contributed by atoms with Crippen LogP contribution < -0.4 is 15.4 Å². The molecule has 4 heteroatoms. The third-order valence-corrected chi connectivity index (χ3v) is 3.89. The number of anilines is 1. The lowest BCUT2D eigenvalue weighted by molar-refractivity contribution is -0.119. The van der Waals surface area contributed by atoms with E-state index in [0.717, 1.165) is 43.7 Å². The van der Waals surface area contributed by atoms with Gasteiger partial charge in [0.05, 0.1) is 18.8 Å². The molecule has 0 radical (unpaired) electrons. The summed E-state index contributed by atoms with van der Waals surface area (Å²) in [6.07, 6.45) is 4.03. The van der Waals surface area contributed by atoms with Crippen molar-refractivity contribution in [3.8, 4) is 5.75 Å². The third kappa shape index (κ3) is 7.29. The van der Waals surface area contributed by atoms with E-state index in [1.807, 2.05) is 30.3 Å². The molecule has 1 amide bonds. The maximum Gasteiger partial charge on any atom is 0.239 e. The van der Waals surface area contributed by atoms with E-state index < -0.39 is 0 Å². The Labute approximate surface area is 150 Å². The van der Waals surface area contributed by atoms with Crippen molar-refractivity contribution in [2.45, 2.75) is 32.6 Å². The van der Waals surface area contributed by atoms with Crippen LogP contribution in [0.25, 0.3) is 0 Å². The zero-order valence-electron chi connectivity index (χ0n) is 15.0. The topological polar surface area (TPSA) is 50.4 Å². The molecule has 0 saturated heterocycles. The lowest BCUT2D eigenvalue weighted by Gasteiger charge is -2.13. The maximum atomic E-state index is 11.8. The number of hydrogen-bond acceptors (Lipinski definition) is 3. The van der Waals surface area contributed by atoms with E-state index in [-0.39, 0.29) is 12.5 Å². The van der Waals surface area contributed by atoms with Crippen LogP contribution in [0.1, 0.15) is 31.7 Å². The van der Waals surface area contributed by atoms with Gasteiger partial charge in [0.1, 0.15) is 5.75 Å². The fourth-order valence-corrected chi connectivity index (χ4v) is 2.48. The monoisotopic (exact) mass is 340 g/mol. The molecule has 0 aliphatic rings. The molecule has 4 nitrogen and oxygen atoms in total. The molecular weight excluding hydrogens is 312 g/mol. The largest absolute Gasteiger partial charge is 0.491 e. The van der Waals surface area contributed by atoms with Gasteiger partial charge in [-0.15, -0.1) is 0 Å². The predicted octanol–water partition coefficient (Wildman–Crippen LogP) is 4.03. The second kappa shape index (κ2) is 11.1. The van der Waals surface area contributed by atoms with E-state index >= 15 is 0 Å². The van der Waals surface area contributed by atoms with E-state index in [4.69, 9.17) is 4.74 Å². The van der Waals surface area contributed by atoms with Gasteiger partial charge >= 0.3 is 0 Å². The van der Waals surface area contributed by atoms with Crippen molar-refractivity contribution in [2.75, 3.05) is 25.0 Å². The van der Waals surface area contributed by atoms with Crippen molar-refractivity contribution in [1.82, 2.24) is 5.32 Å². The van der Waals surface area contributed by atoms with Crippen LogP contribution in [-0.2, 0) is 11.2 Å². The first-order valence-electron chi connectivity index (χ1n) is 9.06. The van der Waals surface area contributed by atoms with Crippen LogP contribution in [0, 0.1) is 0 Å². The van der Waals surface area contributed by atoms with Gasteiger partial charge in [-0.25, -0.2) is 0 Å². The van der Waals surface area contributed by atoms with Gasteiger partial charge in [0.15, 0.2) is 0 Å². The summed E-state index contributed by atoms with van der Waals surface area (Å²) in [7, 11) is 0. The van der Waals surface area contributed by atoms with Crippen LogP contribution in [0.3, 0.4) is 0 Å². The van der Waals surface area contributed by atoms with E-state index in [1.54, 1.807) is 0 Å². The van der Waals surface area contributed by atoms with E-state index in [1.165, 1.54) is 5.56 Å². The van der Waals surface area contributed by atoms with Crippen LogP contribution in [0.2, 0.25) is 0 Å². The van der Waals surface area contributed by atoms with Crippen molar-refractivity contribution in [3.63, 3.8) is 0 Å². The fourth-order valence-electron chi connectivity index (χ4n) is 2.48. The first kappa shape index (κ1) is 18.8. The number of carbonyl (C=O) groups excluding carboxylic acids is 1. The second-order valence-electron chi connectivity index (χ2n) is 5.99. The molecule has 2 N–H and O–H groups in total. The Morgan fingerprint density at radius 2 is 1.76 bits per heavy atom. The number of aryl methyl sites for hydroxylation is 1.